The Morgan fingerprint density at radius 1 is 1.17 bits per heavy atom. The van der Waals surface area contributed by atoms with Crippen molar-refractivity contribution in [2.24, 2.45) is 5.92 Å². The summed E-state index contributed by atoms with van der Waals surface area (Å²) < 4.78 is 41.5. The van der Waals surface area contributed by atoms with E-state index < -0.39 is 17.3 Å². The number of fused-ring (bicyclic) bond motifs is 1. The van der Waals surface area contributed by atoms with Gasteiger partial charge in [-0.15, -0.1) is 0 Å². The summed E-state index contributed by atoms with van der Waals surface area (Å²) in [6, 6.07) is 9.04. The van der Waals surface area contributed by atoms with Crippen molar-refractivity contribution in [3.05, 3.63) is 69.0 Å². The number of anilines is 1. The van der Waals surface area contributed by atoms with Crippen molar-refractivity contribution < 1.29 is 13.2 Å². The van der Waals surface area contributed by atoms with Crippen LogP contribution in [0.5, 0.6) is 0 Å². The monoisotopic (exact) mass is 418 g/mol. The number of nitrogens with one attached hydrogen (secondary N) is 2. The van der Waals surface area contributed by atoms with Crippen molar-refractivity contribution in [3.63, 3.8) is 0 Å². The largest absolute Gasteiger partial charge is 0.423 e. The second kappa shape index (κ2) is 7.97. The van der Waals surface area contributed by atoms with Crippen LogP contribution in [0.3, 0.4) is 0 Å². The molecule has 2 heterocycles. The summed E-state index contributed by atoms with van der Waals surface area (Å²) in [7, 11) is 0. The molecule has 0 amide bonds. The average molecular weight is 418 g/mol. The van der Waals surface area contributed by atoms with E-state index in [4.69, 9.17) is 0 Å². The van der Waals surface area contributed by atoms with Gasteiger partial charge in [0.15, 0.2) is 0 Å². The first-order valence-corrected chi connectivity index (χ1v) is 9.82. The molecule has 0 aliphatic heterocycles. The molecular weight excluding hydrogens is 397 g/mol. The topological polar surface area (TPSA) is 79.8 Å². The van der Waals surface area contributed by atoms with E-state index >= 15 is 0 Å². The van der Waals surface area contributed by atoms with Crippen molar-refractivity contribution in [3.8, 4) is 0 Å². The predicted octanol–water partition coefficient (Wildman–Crippen LogP) is 3.77. The molecule has 0 radical (unpaired) electrons. The maximum atomic E-state index is 13.3. The van der Waals surface area contributed by atoms with E-state index in [-0.39, 0.29) is 23.2 Å². The molecule has 1 aliphatic carbocycles. The Kier molecular flexibility index (Phi) is 5.36. The third-order valence-electron chi connectivity index (χ3n) is 5.62. The number of pyridine rings is 1. The van der Waals surface area contributed by atoms with Crippen molar-refractivity contribution in [1.29, 1.82) is 0 Å². The van der Waals surface area contributed by atoms with Crippen LogP contribution in [0.2, 0.25) is 0 Å². The Morgan fingerprint density at radius 3 is 2.77 bits per heavy atom. The average Bonchev–Trinajstić information content (AvgIpc) is 2.70. The molecule has 1 aromatic carbocycles. The molecule has 1 fully saturated rings. The Hall–Kier alpha value is -3.10. The lowest BCUT2D eigenvalue weighted by molar-refractivity contribution is -0.138. The molecule has 2 N–H and O–H groups in total. The highest BCUT2D eigenvalue weighted by atomic mass is 19.4. The van der Waals surface area contributed by atoms with Gasteiger partial charge in [-0.25, -0.2) is 5.10 Å². The van der Waals surface area contributed by atoms with Crippen LogP contribution in [-0.2, 0) is 12.7 Å². The number of aromatic nitrogens is 3. The zero-order valence-electron chi connectivity index (χ0n) is 16.1. The minimum Gasteiger partial charge on any atom is -0.380 e. The molecule has 9 heteroatoms. The van der Waals surface area contributed by atoms with Crippen molar-refractivity contribution in [1.82, 2.24) is 14.8 Å². The summed E-state index contributed by atoms with van der Waals surface area (Å²) >= 11 is 0. The highest BCUT2D eigenvalue weighted by Crippen LogP contribution is 2.34. The number of rotatable bonds is 4. The van der Waals surface area contributed by atoms with Crippen LogP contribution in [0, 0.1) is 5.92 Å². The third kappa shape index (κ3) is 4.10. The summed E-state index contributed by atoms with van der Waals surface area (Å²) in [5, 5.41) is 9.74. The second-order valence-electron chi connectivity index (χ2n) is 7.72. The highest BCUT2D eigenvalue weighted by Gasteiger charge is 2.38. The molecule has 0 saturated heterocycles. The molecule has 1 saturated carbocycles. The van der Waals surface area contributed by atoms with Gasteiger partial charge in [-0.05, 0) is 42.7 Å². The summed E-state index contributed by atoms with van der Waals surface area (Å²) in [5.41, 5.74) is -2.89. The highest BCUT2D eigenvalue weighted by molar-refractivity contribution is 5.81. The number of halogens is 3. The zero-order valence-corrected chi connectivity index (χ0v) is 16.1. The molecule has 0 bridgehead atoms. The van der Waals surface area contributed by atoms with Crippen molar-refractivity contribution in [2.75, 3.05) is 5.32 Å². The van der Waals surface area contributed by atoms with E-state index in [9.17, 15) is 22.8 Å². The number of nitrogens with zero attached hydrogens (tertiary/aromatic N) is 2. The SMILES string of the molecule is O=c1[nH]ncc(N[C@H]2CCC[C@@H](Cn3ccc4ccccc4c3=O)C2)c1C(F)(F)F. The molecule has 2 aromatic heterocycles. The van der Waals surface area contributed by atoms with E-state index in [1.54, 1.807) is 16.8 Å². The third-order valence-corrected chi connectivity index (χ3v) is 5.62. The molecule has 3 aromatic rings. The van der Waals surface area contributed by atoms with E-state index in [2.05, 4.69) is 10.4 Å². The Bertz CT molecular complexity index is 1170. The normalized spacial score (nSPS) is 19.7. The fourth-order valence-corrected chi connectivity index (χ4v) is 4.25. The van der Waals surface area contributed by atoms with E-state index in [0.717, 1.165) is 24.4 Å². The van der Waals surface area contributed by atoms with Gasteiger partial charge in [-0.1, -0.05) is 24.6 Å². The van der Waals surface area contributed by atoms with Gasteiger partial charge in [0, 0.05) is 24.2 Å². The van der Waals surface area contributed by atoms with Crippen molar-refractivity contribution >= 4 is 16.5 Å². The minimum atomic E-state index is -4.77. The summed E-state index contributed by atoms with van der Waals surface area (Å²) in [4.78, 5) is 24.4. The van der Waals surface area contributed by atoms with Gasteiger partial charge in [0.1, 0.15) is 5.56 Å². The van der Waals surface area contributed by atoms with Crippen LogP contribution < -0.4 is 16.4 Å². The first-order valence-electron chi connectivity index (χ1n) is 9.82. The molecule has 30 heavy (non-hydrogen) atoms. The predicted molar refractivity (Wildman–Crippen MR) is 107 cm³/mol. The molecule has 0 unspecified atom stereocenters. The minimum absolute atomic E-state index is 0.0682. The van der Waals surface area contributed by atoms with E-state index in [1.807, 2.05) is 29.4 Å². The number of benzene rings is 1. The second-order valence-corrected chi connectivity index (χ2v) is 7.72. The van der Waals surface area contributed by atoms with E-state index in [1.165, 1.54) is 0 Å². The fraction of sp³-hybridized carbons (Fsp3) is 0.381. The standard InChI is InChI=1S/C21H21F3N4O2/c22-21(23,24)18-17(11-25-27-19(18)29)26-15-6-3-4-13(10-15)12-28-9-8-14-5-1-2-7-16(14)20(28)30/h1-2,5,7-9,11,13,15H,3-4,6,10,12H2,(H2,26,27,29)/t13-,15+/m1/s1. The lowest BCUT2D eigenvalue weighted by Crippen LogP contribution is -2.33. The number of hydrogen-bond donors (Lipinski definition) is 2. The van der Waals surface area contributed by atoms with Crippen LogP contribution in [0.4, 0.5) is 18.9 Å². The maximum absolute atomic E-state index is 13.3. The van der Waals surface area contributed by atoms with Crippen LogP contribution in [0.1, 0.15) is 31.2 Å². The summed E-state index contributed by atoms with van der Waals surface area (Å²) in [6.07, 6.45) is 0.994. The molecule has 2 atom stereocenters. The maximum Gasteiger partial charge on any atom is 0.423 e. The molecule has 0 spiro atoms. The number of hydrogen-bond acceptors (Lipinski definition) is 4. The molecule has 158 valence electrons. The molecule has 1 aliphatic rings. The molecular formula is C21H21F3N4O2. The van der Waals surface area contributed by atoms with Gasteiger partial charge in [0.05, 0.1) is 11.9 Å². The first-order chi connectivity index (χ1) is 14.3. The van der Waals surface area contributed by atoms with E-state index in [0.29, 0.717) is 24.8 Å². The van der Waals surface area contributed by atoms with Crippen LogP contribution in [-0.4, -0.2) is 20.8 Å². The Morgan fingerprint density at radius 2 is 1.97 bits per heavy atom. The summed E-state index contributed by atoms with van der Waals surface area (Å²) in [6.45, 7) is 0.502. The zero-order chi connectivity index (χ0) is 21.3. The van der Waals surface area contributed by atoms with Gasteiger partial charge < -0.3 is 9.88 Å². The molecule has 4 rings (SSSR count). The number of H-pyrrole nitrogens is 1. The number of alkyl halides is 3. The fourth-order valence-electron chi connectivity index (χ4n) is 4.25. The van der Waals surface area contributed by atoms with Gasteiger partial charge >= 0.3 is 6.18 Å². The number of aromatic amines is 1. The van der Waals surface area contributed by atoms with Crippen LogP contribution in [0.15, 0.2) is 52.3 Å². The molecule has 6 nitrogen and oxygen atoms in total. The summed E-state index contributed by atoms with van der Waals surface area (Å²) in [5.74, 6) is 0.138. The lowest BCUT2D eigenvalue weighted by atomic mass is 9.85. The van der Waals surface area contributed by atoms with Gasteiger partial charge in [-0.3, -0.25) is 9.59 Å². The van der Waals surface area contributed by atoms with Crippen LogP contribution >= 0.6 is 0 Å². The van der Waals surface area contributed by atoms with Crippen LogP contribution in [0.25, 0.3) is 10.8 Å². The quantitative estimate of drug-likeness (QED) is 0.676. The Labute approximate surface area is 169 Å². The van der Waals surface area contributed by atoms with Crippen molar-refractivity contribution in [2.45, 2.75) is 44.4 Å². The van der Waals surface area contributed by atoms with Gasteiger partial charge in [-0.2, -0.15) is 18.3 Å². The lowest BCUT2D eigenvalue weighted by Gasteiger charge is -2.31. The first kappa shape index (κ1) is 20.2. The Balaban J connectivity index is 1.51. The smallest absolute Gasteiger partial charge is 0.380 e. The van der Waals surface area contributed by atoms with Gasteiger partial charge in [0.2, 0.25) is 0 Å². The van der Waals surface area contributed by atoms with Gasteiger partial charge in [0.25, 0.3) is 11.1 Å².